The summed E-state index contributed by atoms with van der Waals surface area (Å²) in [6.45, 7) is 3.09. The minimum atomic E-state index is -4.57. The molecule has 0 spiro atoms. The Labute approximate surface area is 656 Å². The molecular weight excluding hydrogens is 1570 g/mol. The van der Waals surface area contributed by atoms with Gasteiger partial charge in [0.1, 0.15) is 52.6 Å². The molecule has 0 aliphatic carbocycles. The average Bonchev–Trinajstić information content (AvgIpc) is 1.42. The Kier molecular flexibility index (Phi) is 25.9. The molecule has 0 saturated carbocycles. The molecule has 0 aliphatic rings. The zero-order valence-corrected chi connectivity index (χ0v) is 60.7. The van der Waals surface area contributed by atoms with E-state index in [0.29, 0.717) is 17.7 Å². The van der Waals surface area contributed by atoms with Gasteiger partial charge in [0, 0.05) is 119 Å². The van der Waals surface area contributed by atoms with Crippen LogP contribution in [0.5, 0.6) is 5.75 Å². The predicted molar refractivity (Wildman–Crippen MR) is 398 cm³/mol. The first-order valence-electron chi connectivity index (χ1n) is 34.5. The summed E-state index contributed by atoms with van der Waals surface area (Å²) in [4.78, 5) is 63.6. The van der Waals surface area contributed by atoms with Crippen molar-refractivity contribution in [2.75, 3.05) is 60.8 Å². The number of hydrogen-bond acceptors (Lipinski definition) is 27. The van der Waals surface area contributed by atoms with Crippen LogP contribution in [0.3, 0.4) is 0 Å². The summed E-state index contributed by atoms with van der Waals surface area (Å²) in [7, 11) is 0. The highest BCUT2D eigenvalue weighted by Gasteiger charge is 2.36. The maximum atomic E-state index is 13.2. The van der Waals surface area contributed by atoms with Gasteiger partial charge in [0.05, 0.1) is 143 Å². The third-order valence-electron chi connectivity index (χ3n) is 17.1. The first kappa shape index (κ1) is 84.3. The largest absolute Gasteiger partial charge is 0.494 e. The molecule has 14 rings (SSSR count). The molecule has 118 heavy (non-hydrogen) atoms. The van der Waals surface area contributed by atoms with Crippen LogP contribution in [-0.4, -0.2) is 162 Å². The predicted octanol–water partition coefficient (Wildman–Crippen LogP) is 12.3. The van der Waals surface area contributed by atoms with Crippen LogP contribution in [-0.2, 0) is 24.7 Å². The number of ether oxygens (including phenoxy) is 1. The normalized spacial score (nSPS) is 12.6. The third-order valence-corrected chi connectivity index (χ3v) is 17.1. The molecule has 0 radical (unpaired) electrons. The number of benzene rings is 1. The van der Waals surface area contributed by atoms with Gasteiger partial charge in [-0.25, -0.2) is 59.8 Å². The maximum absolute atomic E-state index is 13.2. The maximum Gasteiger partial charge on any atom is 0.417 e. The van der Waals surface area contributed by atoms with Gasteiger partial charge in [-0.1, -0.05) is 18.2 Å². The van der Waals surface area contributed by atoms with Crippen molar-refractivity contribution in [1.82, 2.24) is 84.7 Å². The summed E-state index contributed by atoms with van der Waals surface area (Å²) >= 11 is 0. The van der Waals surface area contributed by atoms with E-state index in [-0.39, 0.29) is 155 Å². The van der Waals surface area contributed by atoms with Gasteiger partial charge in [0.25, 0.3) is 0 Å². The molecule has 13 aromatic heterocycles. The molecule has 14 aromatic rings. The summed E-state index contributed by atoms with van der Waals surface area (Å²) in [5.41, 5.74) is 0.927. The van der Waals surface area contributed by atoms with Crippen molar-refractivity contribution in [3.05, 3.63) is 203 Å². The lowest BCUT2D eigenvalue weighted by molar-refractivity contribution is -0.138. The molecular formula is C75H59F12N25O6. The molecule has 0 bridgehead atoms. The highest BCUT2D eigenvalue weighted by molar-refractivity contribution is 5.97. The van der Waals surface area contributed by atoms with Crippen LogP contribution in [0, 0.1) is 45.3 Å². The molecule has 43 heteroatoms. The number of alkyl halides is 12. The first-order chi connectivity index (χ1) is 56.4. The number of hydrogen-bond donors (Lipinski definition) is 13. The number of pyridine rings is 5. The molecule has 4 atom stereocenters. The van der Waals surface area contributed by atoms with Gasteiger partial charge in [-0.3, -0.25) is 4.98 Å². The van der Waals surface area contributed by atoms with Crippen LogP contribution < -0.4 is 26.0 Å². The molecule has 0 amide bonds. The van der Waals surface area contributed by atoms with Crippen molar-refractivity contribution in [1.29, 1.82) is 21.0 Å². The number of fused-ring (bicyclic) bond motifs is 4. The number of halogens is 12. The van der Waals surface area contributed by atoms with Gasteiger partial charge >= 0.3 is 24.7 Å². The number of aliphatic hydroxyl groups excluding tert-OH is 5. The van der Waals surface area contributed by atoms with Gasteiger partial charge in [0.15, 0.2) is 0 Å². The second-order valence-corrected chi connectivity index (χ2v) is 25.0. The van der Waals surface area contributed by atoms with Crippen molar-refractivity contribution < 1.29 is 83.0 Å². The Bertz CT molecular complexity index is 5910. The minimum Gasteiger partial charge on any atom is -0.494 e. The lowest BCUT2D eigenvalue weighted by Crippen LogP contribution is -2.23. The van der Waals surface area contributed by atoms with E-state index in [1.807, 2.05) is 62.4 Å². The van der Waals surface area contributed by atoms with E-state index in [0.717, 1.165) is 60.4 Å². The number of nitriles is 4. The summed E-state index contributed by atoms with van der Waals surface area (Å²) in [5, 5.41) is 95.9. The standard InChI is InChI=1S/C23H19F3N6O.C20H14F3N7O.2C16H13F3N6O2/c1-3-33-17-6-4-14(5-7-17)13(2)31-22-30-10-15(9-27)20(32-22)19-12-29-21-18(19)8-16(11-28-21)23(24,25)26;21-20(22,23)13-4-14-15(9-27-18(14)26-8-13)17-12(5-24)7-28-19(30-17)29-16(10-31)11-2-1-3-25-6-11;2*17-16(18,19)9-1-11-12(6-22-14(11)21-4-9)13-8(2-20)3-23-15(25-13)24-5-10(27)7-26/h4-8,10-13H,3H2,1-2H3,(H,28,29)(H,30,31,32);1-4,6-9,16,31H,10H2,(H,26,27)(H,28,29,30);2*1,3-4,6,10,26-27H,5,7H2,(H,21,22)(H,23,24,25)/t;;2*10-/m..10/s1. The summed E-state index contributed by atoms with van der Waals surface area (Å²) in [5.74, 6) is 1.18. The number of aliphatic hydroxyl groups is 5. The van der Waals surface area contributed by atoms with Crippen molar-refractivity contribution in [2.24, 2.45) is 0 Å². The van der Waals surface area contributed by atoms with Crippen molar-refractivity contribution in [3.63, 3.8) is 0 Å². The lowest BCUT2D eigenvalue weighted by atomic mass is 10.1. The summed E-state index contributed by atoms with van der Waals surface area (Å²) in [6.07, 6.45) is -3.42. The summed E-state index contributed by atoms with van der Waals surface area (Å²) < 4.78 is 162. The van der Waals surface area contributed by atoms with Gasteiger partial charge in [0.2, 0.25) is 23.8 Å². The number of H-pyrrole nitrogens is 4. The van der Waals surface area contributed by atoms with Gasteiger partial charge in [-0.15, -0.1) is 0 Å². The molecule has 31 nitrogen and oxygen atoms in total. The second kappa shape index (κ2) is 36.2. The fraction of sp³-hybridized carbons (Fsp3) is 0.213. The molecule has 0 aliphatic heterocycles. The van der Waals surface area contributed by atoms with Crippen LogP contribution in [0.15, 0.2) is 147 Å². The lowest BCUT2D eigenvalue weighted by Gasteiger charge is -2.16. The van der Waals surface area contributed by atoms with E-state index in [1.54, 1.807) is 24.5 Å². The molecule has 13 N–H and O–H groups in total. The monoisotopic (exact) mass is 1630 g/mol. The number of rotatable bonds is 21. The molecule has 604 valence electrons. The highest BCUT2D eigenvalue weighted by Crippen LogP contribution is 2.40. The first-order valence-corrected chi connectivity index (χ1v) is 34.5. The number of nitrogens with one attached hydrogen (secondary N) is 8. The molecule has 2 unspecified atom stereocenters. The highest BCUT2D eigenvalue weighted by atomic mass is 19.4. The second-order valence-electron chi connectivity index (χ2n) is 25.0. The molecule has 0 fully saturated rings. The fourth-order valence-electron chi connectivity index (χ4n) is 11.2. The van der Waals surface area contributed by atoms with Crippen molar-refractivity contribution in [3.8, 4) is 75.1 Å². The Morgan fingerprint density at radius 1 is 0.424 bits per heavy atom. The topological polar surface area (TPSA) is 484 Å². The third kappa shape index (κ3) is 19.9. The number of nitrogens with zero attached hydrogens (tertiary/aromatic N) is 17. The van der Waals surface area contributed by atoms with Crippen LogP contribution >= 0.6 is 0 Å². The van der Waals surface area contributed by atoms with Gasteiger partial charge in [-0.2, -0.15) is 73.7 Å². The smallest absolute Gasteiger partial charge is 0.417 e. The van der Waals surface area contributed by atoms with Crippen LogP contribution in [0.25, 0.3) is 89.2 Å². The van der Waals surface area contributed by atoms with Gasteiger partial charge in [-0.05, 0) is 67.4 Å². The van der Waals surface area contributed by atoms with E-state index in [4.69, 9.17) is 14.9 Å². The summed E-state index contributed by atoms with van der Waals surface area (Å²) in [6, 6.07) is 21.8. The van der Waals surface area contributed by atoms with Crippen molar-refractivity contribution in [2.45, 2.75) is 62.8 Å². The fourth-order valence-corrected chi connectivity index (χ4v) is 11.2. The molecule has 1 aromatic carbocycles. The van der Waals surface area contributed by atoms with Crippen molar-refractivity contribution >= 4 is 67.9 Å². The molecule has 13 heterocycles. The van der Waals surface area contributed by atoms with Crippen LogP contribution in [0.2, 0.25) is 0 Å². The van der Waals surface area contributed by atoms with E-state index < -0.39 is 78.4 Å². The number of aromatic nitrogens is 17. The van der Waals surface area contributed by atoms with E-state index in [9.17, 15) is 89.1 Å². The zero-order valence-electron chi connectivity index (χ0n) is 60.7. The Balaban J connectivity index is 0.000000155. The minimum absolute atomic E-state index is 0.0461. The van der Waals surface area contributed by atoms with Gasteiger partial charge < -0.3 is 71.5 Å². The van der Waals surface area contributed by atoms with Crippen LogP contribution in [0.1, 0.15) is 81.6 Å². The van der Waals surface area contributed by atoms with E-state index >= 15 is 0 Å². The Hall–Kier alpha value is -14.6. The Morgan fingerprint density at radius 3 is 1.05 bits per heavy atom. The zero-order chi connectivity index (χ0) is 84.8. The molecule has 0 saturated heterocycles. The quantitative estimate of drug-likeness (QED) is 0.0297. The number of aromatic amines is 4. The van der Waals surface area contributed by atoms with Crippen LogP contribution in [0.4, 0.5) is 76.5 Å². The van der Waals surface area contributed by atoms with E-state index in [1.165, 1.54) is 49.6 Å². The van der Waals surface area contributed by atoms with E-state index in [2.05, 4.69) is 106 Å². The average molecular weight is 1630 g/mol. The SMILES string of the molecule is CCOc1ccc(C(C)Nc2ncc(C#N)c(-c3c[nH]c4ncc(C(F)(F)F)cc34)n2)cc1.N#Cc1cnc(NC(CO)c2cccnc2)nc1-c1c[nH]c2ncc(C(F)(F)F)cc12.N#Cc1cnc(NC[C@@H](O)CO)nc1-c1c[nH]c2ncc(C(F)(F)F)cc12.N#Cc1cnc(NC[C@H](O)CO)nc1-c1c[nH]c2ncc(C(F)(F)F)cc12. The Morgan fingerprint density at radius 2 is 0.754 bits per heavy atom. The number of anilines is 4.